The van der Waals surface area contributed by atoms with E-state index < -0.39 is 0 Å². The van der Waals surface area contributed by atoms with Gasteiger partial charge in [-0.2, -0.15) is 0 Å². The number of ether oxygens (including phenoxy) is 1. The molecule has 1 heterocycles. The molecule has 2 aromatic rings. The molecule has 2 amide bonds. The van der Waals surface area contributed by atoms with Crippen molar-refractivity contribution in [1.82, 2.24) is 0 Å². The number of phenols is 1. The summed E-state index contributed by atoms with van der Waals surface area (Å²) in [5.41, 5.74) is 2.23. The van der Waals surface area contributed by atoms with Crippen molar-refractivity contribution in [3.63, 3.8) is 0 Å². The van der Waals surface area contributed by atoms with Crippen LogP contribution in [0.15, 0.2) is 42.5 Å². The Morgan fingerprint density at radius 3 is 2.60 bits per heavy atom. The molecule has 2 N–H and O–H groups in total. The van der Waals surface area contributed by atoms with Crippen molar-refractivity contribution in [3.05, 3.63) is 48.0 Å². The van der Waals surface area contributed by atoms with Gasteiger partial charge in [-0.05, 0) is 42.0 Å². The molecule has 2 aromatic carbocycles. The zero-order valence-corrected chi connectivity index (χ0v) is 14.7. The SMILES string of the molecule is COc1ccc(C2SCC(=O)N2c2ccc(NC(C)=O)cc2)cc1O. The van der Waals surface area contributed by atoms with Gasteiger partial charge in [0.15, 0.2) is 11.5 Å². The predicted molar refractivity (Wildman–Crippen MR) is 98.1 cm³/mol. The number of methoxy groups -OCH3 is 1. The number of nitrogens with one attached hydrogen (secondary N) is 1. The van der Waals surface area contributed by atoms with E-state index in [1.165, 1.54) is 25.8 Å². The molecule has 130 valence electrons. The van der Waals surface area contributed by atoms with Crippen LogP contribution in [0, 0.1) is 0 Å². The molecule has 1 unspecified atom stereocenters. The average Bonchev–Trinajstić information content (AvgIpc) is 2.96. The quantitative estimate of drug-likeness (QED) is 0.878. The summed E-state index contributed by atoms with van der Waals surface area (Å²) in [6.45, 7) is 1.45. The lowest BCUT2D eigenvalue weighted by molar-refractivity contribution is -0.116. The summed E-state index contributed by atoms with van der Waals surface area (Å²) >= 11 is 1.50. The standard InChI is InChI=1S/C18H18N2O4S/c1-11(21)19-13-4-6-14(7-5-13)20-17(23)10-25-18(20)12-3-8-16(24-2)15(22)9-12/h3-9,18,22H,10H2,1-2H3,(H,19,21). The third kappa shape index (κ3) is 3.56. The Kier molecular flexibility index (Phi) is 4.85. The summed E-state index contributed by atoms with van der Waals surface area (Å²) in [5.74, 6) is 0.653. The fourth-order valence-corrected chi connectivity index (χ4v) is 3.89. The van der Waals surface area contributed by atoms with Crippen LogP contribution in [0.1, 0.15) is 17.9 Å². The topological polar surface area (TPSA) is 78.9 Å². The molecule has 1 aliphatic rings. The molecule has 0 spiro atoms. The second-order valence-corrected chi connectivity index (χ2v) is 6.65. The number of thioether (sulfide) groups is 1. The van der Waals surface area contributed by atoms with E-state index in [0.717, 1.165) is 11.3 Å². The van der Waals surface area contributed by atoms with E-state index in [4.69, 9.17) is 4.74 Å². The van der Waals surface area contributed by atoms with E-state index in [1.54, 1.807) is 41.3 Å². The van der Waals surface area contributed by atoms with Crippen LogP contribution in [0.4, 0.5) is 11.4 Å². The first-order chi connectivity index (χ1) is 12.0. The van der Waals surface area contributed by atoms with Gasteiger partial charge < -0.3 is 15.2 Å². The average molecular weight is 358 g/mol. The number of aromatic hydroxyl groups is 1. The minimum absolute atomic E-state index is 0.00224. The summed E-state index contributed by atoms with van der Waals surface area (Å²) in [6.07, 6.45) is 0. The van der Waals surface area contributed by atoms with Gasteiger partial charge in [0.05, 0.1) is 12.9 Å². The fraction of sp³-hybridized carbons (Fsp3) is 0.222. The molecule has 1 atom stereocenters. The zero-order chi connectivity index (χ0) is 18.0. The molecule has 0 bridgehead atoms. The molecule has 7 heteroatoms. The number of carbonyl (C=O) groups is 2. The number of anilines is 2. The minimum Gasteiger partial charge on any atom is -0.504 e. The summed E-state index contributed by atoms with van der Waals surface area (Å²) in [7, 11) is 1.49. The number of phenolic OH excluding ortho intramolecular Hbond substituents is 1. The number of amides is 2. The highest BCUT2D eigenvalue weighted by molar-refractivity contribution is 8.00. The summed E-state index contributed by atoms with van der Waals surface area (Å²) in [5, 5.41) is 12.5. The van der Waals surface area contributed by atoms with Crippen LogP contribution in [0.5, 0.6) is 11.5 Å². The van der Waals surface area contributed by atoms with E-state index >= 15 is 0 Å². The van der Waals surface area contributed by atoms with Crippen molar-refractivity contribution in [2.45, 2.75) is 12.3 Å². The zero-order valence-electron chi connectivity index (χ0n) is 13.9. The van der Waals surface area contributed by atoms with Crippen LogP contribution in [0.3, 0.4) is 0 Å². The van der Waals surface area contributed by atoms with Gasteiger partial charge in [-0.1, -0.05) is 6.07 Å². The Labute approximate surface area is 149 Å². The van der Waals surface area contributed by atoms with Crippen molar-refractivity contribution < 1.29 is 19.4 Å². The third-order valence-corrected chi connectivity index (χ3v) is 5.03. The highest BCUT2D eigenvalue weighted by atomic mass is 32.2. The van der Waals surface area contributed by atoms with Crippen LogP contribution < -0.4 is 15.0 Å². The molecule has 0 aromatic heterocycles. The smallest absolute Gasteiger partial charge is 0.238 e. The van der Waals surface area contributed by atoms with Crippen LogP contribution >= 0.6 is 11.8 Å². The van der Waals surface area contributed by atoms with Crippen molar-refractivity contribution >= 4 is 35.0 Å². The monoisotopic (exact) mass is 358 g/mol. The van der Waals surface area contributed by atoms with Gasteiger partial charge >= 0.3 is 0 Å². The van der Waals surface area contributed by atoms with Gasteiger partial charge in [-0.25, -0.2) is 0 Å². The first kappa shape index (κ1) is 17.2. The predicted octanol–water partition coefficient (Wildman–Crippen LogP) is 3.14. The van der Waals surface area contributed by atoms with Crippen LogP contribution in [-0.4, -0.2) is 29.8 Å². The van der Waals surface area contributed by atoms with E-state index in [9.17, 15) is 14.7 Å². The summed E-state index contributed by atoms with van der Waals surface area (Å²) < 4.78 is 5.07. The van der Waals surface area contributed by atoms with Gasteiger partial charge in [-0.3, -0.25) is 14.5 Å². The largest absolute Gasteiger partial charge is 0.504 e. The van der Waals surface area contributed by atoms with Crippen molar-refractivity contribution in [2.75, 3.05) is 23.1 Å². The molecule has 1 saturated heterocycles. The second-order valence-electron chi connectivity index (χ2n) is 5.59. The summed E-state index contributed by atoms with van der Waals surface area (Å²) in [4.78, 5) is 25.2. The molecule has 0 radical (unpaired) electrons. The number of hydrogen-bond donors (Lipinski definition) is 2. The van der Waals surface area contributed by atoms with E-state index in [0.29, 0.717) is 17.2 Å². The lowest BCUT2D eigenvalue weighted by Crippen LogP contribution is -2.27. The first-order valence-corrected chi connectivity index (χ1v) is 8.72. The third-order valence-electron chi connectivity index (χ3n) is 3.82. The first-order valence-electron chi connectivity index (χ1n) is 7.68. The molecule has 1 fully saturated rings. The van der Waals surface area contributed by atoms with E-state index in [1.807, 2.05) is 6.07 Å². The Hall–Kier alpha value is -2.67. The Balaban J connectivity index is 1.89. The number of benzene rings is 2. The van der Waals surface area contributed by atoms with Crippen LogP contribution in [0.25, 0.3) is 0 Å². The Bertz CT molecular complexity index is 807. The van der Waals surface area contributed by atoms with Gasteiger partial charge in [0, 0.05) is 18.3 Å². The van der Waals surface area contributed by atoms with Gasteiger partial charge in [-0.15, -0.1) is 11.8 Å². The van der Waals surface area contributed by atoms with E-state index in [2.05, 4.69) is 5.32 Å². The van der Waals surface area contributed by atoms with E-state index in [-0.39, 0.29) is 22.9 Å². The highest BCUT2D eigenvalue weighted by Crippen LogP contribution is 2.43. The van der Waals surface area contributed by atoms with Crippen LogP contribution in [0.2, 0.25) is 0 Å². The lowest BCUT2D eigenvalue weighted by atomic mass is 10.1. The molecule has 1 aliphatic heterocycles. The van der Waals surface area contributed by atoms with Crippen molar-refractivity contribution in [2.24, 2.45) is 0 Å². The fourth-order valence-electron chi connectivity index (χ4n) is 2.72. The number of carbonyl (C=O) groups excluding carboxylic acids is 2. The molecule has 25 heavy (non-hydrogen) atoms. The lowest BCUT2D eigenvalue weighted by Gasteiger charge is -2.25. The maximum absolute atomic E-state index is 12.4. The van der Waals surface area contributed by atoms with Gasteiger partial charge in [0.2, 0.25) is 11.8 Å². The number of nitrogens with zero attached hydrogens (tertiary/aromatic N) is 1. The maximum Gasteiger partial charge on any atom is 0.238 e. The normalized spacial score (nSPS) is 16.8. The van der Waals surface area contributed by atoms with Crippen LogP contribution in [-0.2, 0) is 9.59 Å². The molecule has 6 nitrogen and oxygen atoms in total. The Morgan fingerprint density at radius 1 is 1.28 bits per heavy atom. The molecular weight excluding hydrogens is 340 g/mol. The maximum atomic E-state index is 12.4. The Morgan fingerprint density at radius 2 is 2.00 bits per heavy atom. The number of hydrogen-bond acceptors (Lipinski definition) is 5. The number of rotatable bonds is 4. The second kappa shape index (κ2) is 7.06. The minimum atomic E-state index is -0.226. The highest BCUT2D eigenvalue weighted by Gasteiger charge is 2.34. The van der Waals surface area contributed by atoms with Gasteiger partial charge in [0.25, 0.3) is 0 Å². The van der Waals surface area contributed by atoms with Crippen molar-refractivity contribution in [3.8, 4) is 11.5 Å². The molecule has 0 aliphatic carbocycles. The van der Waals surface area contributed by atoms with Gasteiger partial charge in [0.1, 0.15) is 5.37 Å². The molecular formula is C18H18N2O4S. The van der Waals surface area contributed by atoms with Crippen molar-refractivity contribution in [1.29, 1.82) is 0 Å². The molecule has 3 rings (SSSR count). The summed E-state index contributed by atoms with van der Waals surface area (Å²) in [6, 6.07) is 12.3. The molecule has 0 saturated carbocycles.